The summed E-state index contributed by atoms with van der Waals surface area (Å²) in [4.78, 5) is 4.95. The van der Waals surface area contributed by atoms with Crippen LogP contribution in [0.2, 0.25) is 0 Å². The van der Waals surface area contributed by atoms with E-state index in [1.165, 1.54) is 0 Å². The molecule has 0 aliphatic heterocycles. The molecule has 0 saturated heterocycles. The van der Waals surface area contributed by atoms with Crippen LogP contribution in [0.5, 0.6) is 0 Å². The molecule has 0 aromatic carbocycles. The maximum Gasteiger partial charge on any atom is 1.00 e. The van der Waals surface area contributed by atoms with Gasteiger partial charge in [-0.3, -0.25) is 0 Å². The van der Waals surface area contributed by atoms with E-state index in [-0.39, 0.29) is 108 Å². The second-order valence-corrected chi connectivity index (χ2v) is 13.4. The zero-order chi connectivity index (χ0) is 22.2. The SMILES string of the molecule is CN(CCS(=O)(=O)[O-])CP(CN(C)CCS(=O)(=O)[O-])CN(C)CCS(=O)(=O)[O-].[Na+].[Na+].[Na+]. The van der Waals surface area contributed by atoms with Gasteiger partial charge in [-0.15, -0.1) is 0 Å². The Balaban J connectivity index is -0.00000121. The van der Waals surface area contributed by atoms with Crippen molar-refractivity contribution < 1.29 is 128 Å². The van der Waals surface area contributed by atoms with Crippen LogP contribution >= 0.6 is 7.92 Å². The first kappa shape index (κ1) is 41.2. The Hall–Kier alpha value is 3.04. The molecule has 0 aliphatic rings. The Bertz CT molecular complexity index is 683. The molecule has 12 nitrogen and oxygen atoms in total. The second-order valence-electron chi connectivity index (χ2n) is 6.62. The maximum atomic E-state index is 10.8. The van der Waals surface area contributed by atoms with Crippen LogP contribution in [0.4, 0.5) is 0 Å². The molecule has 0 heterocycles. The predicted octanol–water partition coefficient (Wildman–Crippen LogP) is -11.2. The largest absolute Gasteiger partial charge is 1.00 e. The van der Waals surface area contributed by atoms with Gasteiger partial charge in [0.2, 0.25) is 0 Å². The van der Waals surface area contributed by atoms with Crippen LogP contribution in [0.1, 0.15) is 0 Å². The summed E-state index contributed by atoms with van der Waals surface area (Å²) in [6.45, 7) is 0.0475. The molecule has 0 amide bonds. The van der Waals surface area contributed by atoms with E-state index < -0.39 is 55.5 Å². The van der Waals surface area contributed by atoms with Crippen LogP contribution in [-0.2, 0) is 30.4 Å². The Morgan fingerprint density at radius 3 is 0.903 bits per heavy atom. The average Bonchev–Trinajstić information content (AvgIpc) is 2.47. The summed E-state index contributed by atoms with van der Waals surface area (Å²) >= 11 is 0. The van der Waals surface area contributed by atoms with E-state index in [9.17, 15) is 38.9 Å². The van der Waals surface area contributed by atoms with Crippen LogP contribution in [0, 0.1) is 0 Å². The van der Waals surface area contributed by atoms with Crippen LogP contribution in [0.3, 0.4) is 0 Å². The number of hydrogen-bond acceptors (Lipinski definition) is 12. The monoisotopic (exact) mass is 553 g/mol. The molecule has 0 bridgehead atoms. The first-order valence-corrected chi connectivity index (χ1v) is 14.7. The molecule has 0 aliphatic carbocycles. The third-order valence-corrected chi connectivity index (χ3v) is 8.19. The minimum atomic E-state index is -4.36. The summed E-state index contributed by atoms with van der Waals surface area (Å²) < 4.78 is 96.9. The first-order valence-electron chi connectivity index (χ1n) is 8.05. The van der Waals surface area contributed by atoms with Gasteiger partial charge in [0.05, 0.1) is 47.6 Å². The van der Waals surface area contributed by atoms with Crippen molar-refractivity contribution in [1.82, 2.24) is 14.7 Å². The number of nitrogens with zero attached hydrogens (tertiary/aromatic N) is 3. The van der Waals surface area contributed by atoms with Crippen molar-refractivity contribution >= 4 is 38.3 Å². The number of rotatable bonds is 15. The van der Waals surface area contributed by atoms with Gasteiger partial charge < -0.3 is 28.4 Å². The quantitative estimate of drug-likeness (QED) is 0.106. The fourth-order valence-corrected chi connectivity index (χ4v) is 6.52. The van der Waals surface area contributed by atoms with Crippen molar-refractivity contribution in [2.45, 2.75) is 0 Å². The van der Waals surface area contributed by atoms with Crippen molar-refractivity contribution in [3.8, 4) is 0 Å². The van der Waals surface area contributed by atoms with Crippen LogP contribution in [0.25, 0.3) is 0 Å². The Kier molecular flexibility index (Phi) is 25.5. The molecule has 170 valence electrons. The fraction of sp³-hybridized carbons (Fsp3) is 1.00. The van der Waals surface area contributed by atoms with Crippen LogP contribution in [-0.4, -0.2) is 131 Å². The van der Waals surface area contributed by atoms with E-state index in [1.807, 2.05) is 0 Å². The van der Waals surface area contributed by atoms with E-state index in [2.05, 4.69) is 0 Å². The third-order valence-electron chi connectivity index (χ3n) is 3.49. The molecular formula is C12H27N3Na3O9PS3. The van der Waals surface area contributed by atoms with E-state index in [0.717, 1.165) is 0 Å². The Morgan fingerprint density at radius 1 is 0.548 bits per heavy atom. The van der Waals surface area contributed by atoms with Gasteiger partial charge in [-0.2, -0.15) is 0 Å². The molecule has 0 radical (unpaired) electrons. The molecule has 0 aromatic heterocycles. The zero-order valence-corrected chi connectivity index (χ0v) is 28.4. The van der Waals surface area contributed by atoms with Gasteiger partial charge in [0.1, 0.15) is 0 Å². The summed E-state index contributed by atoms with van der Waals surface area (Å²) in [7, 11) is -9.12. The summed E-state index contributed by atoms with van der Waals surface area (Å²) in [5.74, 6) is -1.66. The van der Waals surface area contributed by atoms with Crippen molar-refractivity contribution in [1.29, 1.82) is 0 Å². The molecule has 0 atom stereocenters. The molecule has 0 spiro atoms. The molecule has 0 unspecified atom stereocenters. The van der Waals surface area contributed by atoms with E-state index in [0.29, 0.717) is 18.9 Å². The number of hydrogen-bond donors (Lipinski definition) is 0. The molecular weight excluding hydrogens is 526 g/mol. The molecule has 0 saturated carbocycles. The van der Waals surface area contributed by atoms with Crippen LogP contribution < -0.4 is 88.7 Å². The van der Waals surface area contributed by atoms with E-state index >= 15 is 0 Å². The maximum absolute atomic E-state index is 10.8. The summed E-state index contributed by atoms with van der Waals surface area (Å²) in [5, 5.41) is 0. The van der Waals surface area contributed by atoms with Crippen molar-refractivity contribution in [2.75, 3.05) is 76.9 Å². The van der Waals surface area contributed by atoms with E-state index in [4.69, 9.17) is 0 Å². The minimum absolute atomic E-state index is 0. The van der Waals surface area contributed by atoms with Crippen LogP contribution in [0.15, 0.2) is 0 Å². The van der Waals surface area contributed by atoms with Gasteiger partial charge in [-0.05, 0) is 21.1 Å². The summed E-state index contributed by atoms with van der Waals surface area (Å²) in [6, 6.07) is 0. The van der Waals surface area contributed by atoms with Gasteiger partial charge >= 0.3 is 88.7 Å². The molecule has 0 fully saturated rings. The Morgan fingerprint density at radius 2 is 0.742 bits per heavy atom. The second kappa shape index (κ2) is 19.2. The predicted molar refractivity (Wildman–Crippen MR) is 103 cm³/mol. The fourth-order valence-electron chi connectivity index (χ4n) is 2.17. The summed E-state index contributed by atoms with van der Waals surface area (Å²) in [6.07, 6.45) is 1.19. The van der Waals surface area contributed by atoms with Crippen molar-refractivity contribution in [2.24, 2.45) is 0 Å². The molecule has 0 N–H and O–H groups in total. The summed E-state index contributed by atoms with van der Waals surface area (Å²) in [5.41, 5.74) is 0. The van der Waals surface area contributed by atoms with Crippen molar-refractivity contribution in [3.63, 3.8) is 0 Å². The van der Waals surface area contributed by atoms with Gasteiger partial charge in [-0.25, -0.2) is 25.3 Å². The van der Waals surface area contributed by atoms with Gasteiger partial charge in [0, 0.05) is 38.5 Å². The molecule has 19 heteroatoms. The molecule has 0 rings (SSSR count). The zero-order valence-electron chi connectivity index (χ0n) is 19.1. The van der Waals surface area contributed by atoms with Gasteiger partial charge in [-0.1, -0.05) is 7.92 Å². The van der Waals surface area contributed by atoms with Gasteiger partial charge in [0.15, 0.2) is 0 Å². The standard InChI is InChI=1S/C12H30N3O9PS3.3Na/c1-13(4-7-26(16,17)18)10-25(11-14(2)5-8-27(19,20)21)12-15(3)6-9-28(22,23)24;;;/h4-12H2,1-3H3,(H,16,17,18)(H,19,20,21)(H,22,23,24);;;/q;3*+1/p-3. The third kappa shape index (κ3) is 29.2. The normalized spacial score (nSPS) is 12.6. The van der Waals surface area contributed by atoms with Gasteiger partial charge in [0.25, 0.3) is 0 Å². The molecule has 31 heavy (non-hydrogen) atoms. The van der Waals surface area contributed by atoms with E-state index in [1.54, 1.807) is 35.8 Å². The average molecular weight is 554 g/mol. The minimum Gasteiger partial charge on any atom is -0.748 e. The smallest absolute Gasteiger partial charge is 0.748 e. The topological polar surface area (TPSA) is 181 Å². The molecule has 0 aromatic rings. The van der Waals surface area contributed by atoms with Crippen molar-refractivity contribution in [3.05, 3.63) is 0 Å². The Labute approximate surface area is 254 Å². The first-order chi connectivity index (χ1) is 12.5.